The number of nitrogens with two attached hydrogens (primary N) is 2. The number of anilines is 2. The predicted octanol–water partition coefficient (Wildman–Crippen LogP) is 1.30. The zero-order valence-corrected chi connectivity index (χ0v) is 11.8. The molecule has 1 atom stereocenters. The van der Waals surface area contributed by atoms with Crippen LogP contribution in [0.3, 0.4) is 0 Å². The van der Waals surface area contributed by atoms with Crippen molar-refractivity contribution in [3.8, 4) is 5.88 Å². The molecule has 0 spiro atoms. The van der Waals surface area contributed by atoms with E-state index in [0.29, 0.717) is 24.0 Å². The highest BCUT2D eigenvalue weighted by atomic mass is 16.5. The average molecular weight is 278 g/mol. The van der Waals surface area contributed by atoms with Crippen LogP contribution < -0.4 is 21.1 Å². The van der Waals surface area contributed by atoms with Gasteiger partial charge in [0.05, 0.1) is 12.3 Å². The lowest BCUT2D eigenvalue weighted by molar-refractivity contribution is -0.119. The summed E-state index contributed by atoms with van der Waals surface area (Å²) in [6.07, 6.45) is 3.70. The van der Waals surface area contributed by atoms with Crippen molar-refractivity contribution in [2.24, 2.45) is 5.73 Å². The maximum absolute atomic E-state index is 11.6. The third-order valence-corrected chi connectivity index (χ3v) is 3.44. The van der Waals surface area contributed by atoms with Gasteiger partial charge >= 0.3 is 0 Å². The average Bonchev–Trinajstić information content (AvgIpc) is 2.46. The minimum atomic E-state index is -0.306. The number of hydrogen-bond acceptors (Lipinski definition) is 5. The Morgan fingerprint density at radius 3 is 3.00 bits per heavy atom. The number of carbonyl (C=O) groups excluding carboxylic acids is 1. The van der Waals surface area contributed by atoms with Crippen LogP contribution in [0.1, 0.15) is 32.6 Å². The summed E-state index contributed by atoms with van der Waals surface area (Å²) in [5.41, 5.74) is 11.8. The molecule has 1 amide bonds. The van der Waals surface area contributed by atoms with Crippen LogP contribution in [0.25, 0.3) is 0 Å². The van der Waals surface area contributed by atoms with Gasteiger partial charge in [-0.15, -0.1) is 0 Å². The van der Waals surface area contributed by atoms with Crippen molar-refractivity contribution < 1.29 is 9.53 Å². The van der Waals surface area contributed by atoms with Crippen molar-refractivity contribution in [1.29, 1.82) is 0 Å². The topological polar surface area (TPSA) is 94.5 Å². The molecule has 20 heavy (non-hydrogen) atoms. The number of pyridine rings is 1. The molecule has 1 saturated heterocycles. The maximum atomic E-state index is 11.6. The van der Waals surface area contributed by atoms with Gasteiger partial charge in [0.2, 0.25) is 11.8 Å². The fourth-order valence-electron chi connectivity index (χ4n) is 2.42. The van der Waals surface area contributed by atoms with Gasteiger partial charge in [-0.2, -0.15) is 4.98 Å². The van der Waals surface area contributed by atoms with Gasteiger partial charge in [-0.05, 0) is 37.8 Å². The van der Waals surface area contributed by atoms with Gasteiger partial charge in [0.25, 0.3) is 0 Å². The number of amides is 1. The molecule has 1 aromatic rings. The zero-order valence-electron chi connectivity index (χ0n) is 11.8. The fourth-order valence-corrected chi connectivity index (χ4v) is 2.42. The van der Waals surface area contributed by atoms with Gasteiger partial charge < -0.3 is 21.1 Å². The first kappa shape index (κ1) is 14.4. The summed E-state index contributed by atoms with van der Waals surface area (Å²) in [7, 11) is 0. The van der Waals surface area contributed by atoms with Crippen LogP contribution in [-0.2, 0) is 4.79 Å². The highest BCUT2D eigenvalue weighted by molar-refractivity contribution is 5.83. The Hall–Kier alpha value is -1.98. The number of nitrogen functional groups attached to an aromatic ring is 1. The lowest BCUT2D eigenvalue weighted by atomic mass is 10.0. The molecular weight excluding hydrogens is 256 g/mol. The number of piperidine rings is 1. The van der Waals surface area contributed by atoms with E-state index in [1.807, 2.05) is 17.9 Å². The van der Waals surface area contributed by atoms with Gasteiger partial charge in [0, 0.05) is 6.54 Å². The monoisotopic (exact) mass is 278 g/mol. The lowest BCUT2D eigenvalue weighted by Crippen LogP contribution is -2.48. The number of hydrogen-bond donors (Lipinski definition) is 2. The second-order valence-electron chi connectivity index (χ2n) is 5.02. The number of carbonyl (C=O) groups is 1. The number of nitrogens with zero attached hydrogens (tertiary/aromatic N) is 2. The van der Waals surface area contributed by atoms with E-state index in [1.54, 1.807) is 6.07 Å². The van der Waals surface area contributed by atoms with Crippen LogP contribution in [0.15, 0.2) is 12.1 Å². The number of aromatic nitrogens is 1. The Labute approximate surface area is 119 Å². The van der Waals surface area contributed by atoms with E-state index in [2.05, 4.69) is 4.98 Å². The van der Waals surface area contributed by atoms with Gasteiger partial charge in [-0.1, -0.05) is 6.92 Å². The Morgan fingerprint density at radius 1 is 1.50 bits per heavy atom. The van der Waals surface area contributed by atoms with Gasteiger partial charge in [0.15, 0.2) is 0 Å². The number of ether oxygens (including phenoxy) is 1. The molecule has 1 aromatic heterocycles. The highest BCUT2D eigenvalue weighted by Gasteiger charge is 2.28. The summed E-state index contributed by atoms with van der Waals surface area (Å²) in [6.45, 7) is 3.37. The van der Waals surface area contributed by atoms with Crippen LogP contribution in [0.5, 0.6) is 5.88 Å². The molecule has 4 N–H and O–H groups in total. The number of rotatable bonds is 5. The molecule has 1 aliphatic heterocycles. The van der Waals surface area contributed by atoms with Crippen molar-refractivity contribution in [3.05, 3.63) is 12.1 Å². The molecule has 0 aliphatic carbocycles. The Morgan fingerprint density at radius 2 is 2.30 bits per heavy atom. The van der Waals surface area contributed by atoms with Gasteiger partial charge in [-0.3, -0.25) is 4.79 Å². The molecular formula is C14H22N4O2. The van der Waals surface area contributed by atoms with Gasteiger partial charge in [-0.25, -0.2) is 0 Å². The summed E-state index contributed by atoms with van der Waals surface area (Å²) in [5, 5.41) is 0. The SMILES string of the molecule is CCCOc1nc(N2CCCCC2C(N)=O)ccc1N. The normalized spacial score (nSPS) is 18.9. The summed E-state index contributed by atoms with van der Waals surface area (Å²) in [5.74, 6) is 0.825. The van der Waals surface area contributed by atoms with E-state index in [-0.39, 0.29) is 11.9 Å². The van der Waals surface area contributed by atoms with E-state index in [9.17, 15) is 4.79 Å². The second kappa shape index (κ2) is 6.45. The molecule has 2 rings (SSSR count). The van der Waals surface area contributed by atoms with Crippen LogP contribution >= 0.6 is 0 Å². The summed E-state index contributed by atoms with van der Waals surface area (Å²) < 4.78 is 5.53. The summed E-state index contributed by atoms with van der Waals surface area (Å²) in [6, 6.07) is 3.29. The van der Waals surface area contributed by atoms with Crippen LogP contribution in [0, 0.1) is 0 Å². The van der Waals surface area contributed by atoms with Crippen molar-refractivity contribution in [2.75, 3.05) is 23.8 Å². The van der Waals surface area contributed by atoms with Crippen LogP contribution in [0.2, 0.25) is 0 Å². The van der Waals surface area contributed by atoms with Crippen molar-refractivity contribution in [2.45, 2.75) is 38.6 Å². The Kier molecular flexibility index (Phi) is 4.65. The molecule has 1 aliphatic rings. The molecule has 0 bridgehead atoms. The summed E-state index contributed by atoms with van der Waals surface area (Å²) >= 11 is 0. The van der Waals surface area contributed by atoms with Crippen LogP contribution in [-0.4, -0.2) is 30.1 Å². The molecule has 1 fully saturated rings. The molecule has 0 aromatic carbocycles. The Bertz CT molecular complexity index is 478. The zero-order chi connectivity index (χ0) is 14.5. The fraction of sp³-hybridized carbons (Fsp3) is 0.571. The van der Waals surface area contributed by atoms with Crippen molar-refractivity contribution in [1.82, 2.24) is 4.98 Å². The van der Waals surface area contributed by atoms with E-state index in [4.69, 9.17) is 16.2 Å². The van der Waals surface area contributed by atoms with E-state index >= 15 is 0 Å². The largest absolute Gasteiger partial charge is 0.476 e. The van der Waals surface area contributed by atoms with Crippen molar-refractivity contribution in [3.63, 3.8) is 0 Å². The highest BCUT2D eigenvalue weighted by Crippen LogP contribution is 2.28. The van der Waals surface area contributed by atoms with Crippen LogP contribution in [0.4, 0.5) is 11.5 Å². The molecule has 2 heterocycles. The quantitative estimate of drug-likeness (QED) is 0.846. The van der Waals surface area contributed by atoms with E-state index < -0.39 is 0 Å². The molecule has 0 radical (unpaired) electrons. The molecule has 1 unspecified atom stereocenters. The predicted molar refractivity (Wildman–Crippen MR) is 78.6 cm³/mol. The third-order valence-electron chi connectivity index (χ3n) is 3.44. The lowest BCUT2D eigenvalue weighted by Gasteiger charge is -2.34. The minimum Gasteiger partial charge on any atom is -0.476 e. The molecule has 0 saturated carbocycles. The standard InChI is InChI=1S/C14H22N4O2/c1-2-9-20-14-10(15)6-7-12(17-14)18-8-4-3-5-11(18)13(16)19/h6-7,11H,2-5,8-9,15H2,1H3,(H2,16,19). The smallest absolute Gasteiger partial charge is 0.240 e. The third kappa shape index (κ3) is 3.12. The maximum Gasteiger partial charge on any atom is 0.240 e. The first-order chi connectivity index (χ1) is 9.63. The number of primary amides is 1. The molecule has 6 heteroatoms. The van der Waals surface area contributed by atoms with E-state index in [1.165, 1.54) is 0 Å². The first-order valence-corrected chi connectivity index (χ1v) is 7.08. The minimum absolute atomic E-state index is 0.293. The van der Waals surface area contributed by atoms with Gasteiger partial charge in [0.1, 0.15) is 11.9 Å². The molecule has 110 valence electrons. The second-order valence-corrected chi connectivity index (χ2v) is 5.02. The van der Waals surface area contributed by atoms with Crippen molar-refractivity contribution >= 4 is 17.4 Å². The first-order valence-electron chi connectivity index (χ1n) is 7.08. The summed E-state index contributed by atoms with van der Waals surface area (Å²) in [4.78, 5) is 17.9. The molecule has 6 nitrogen and oxygen atoms in total. The Balaban J connectivity index is 2.24. The van der Waals surface area contributed by atoms with E-state index in [0.717, 1.165) is 32.2 Å².